The Morgan fingerprint density at radius 3 is 2.10 bits per heavy atom. The van der Waals surface area contributed by atoms with Crippen LogP contribution in [0.3, 0.4) is 0 Å². The van der Waals surface area contributed by atoms with Crippen molar-refractivity contribution in [2.45, 2.75) is 39.7 Å². The monoisotopic (exact) mass is 347 g/mol. The molecular weight excluding hydrogens is 326 g/mol. The molecule has 0 unspecified atom stereocenters. The molecule has 0 N–H and O–H groups in total. The molecule has 0 amide bonds. The van der Waals surface area contributed by atoms with Gasteiger partial charge in [0.1, 0.15) is 6.54 Å². The van der Waals surface area contributed by atoms with Gasteiger partial charge in [-0.1, -0.05) is 43.2 Å². The van der Waals surface area contributed by atoms with Crippen molar-refractivity contribution >= 4 is 5.78 Å². The number of aromatic nitrogens is 1. The number of benzene rings is 1. The van der Waals surface area contributed by atoms with Crippen LogP contribution in [0.1, 0.15) is 47.7 Å². The number of pyridine rings is 1. The molecule has 0 fully saturated rings. The molecule has 3 heteroatoms. The highest BCUT2D eigenvalue weighted by molar-refractivity contribution is 6.08. The first-order chi connectivity index (χ1) is 9.70. The average Bonchev–Trinajstić information content (AvgIpc) is 2.48. The van der Waals surface area contributed by atoms with Gasteiger partial charge >= 0.3 is 0 Å². The molecule has 0 aliphatic carbocycles. The number of rotatable bonds is 6. The summed E-state index contributed by atoms with van der Waals surface area (Å²) in [4.78, 5) is 12.3. The average molecular weight is 348 g/mol. The van der Waals surface area contributed by atoms with E-state index in [4.69, 9.17) is 0 Å². The molecule has 0 bridgehead atoms. The molecule has 21 heavy (non-hydrogen) atoms. The molecule has 1 aromatic heterocycles. The number of carbonyl (C=O) groups is 1. The summed E-state index contributed by atoms with van der Waals surface area (Å²) in [5.41, 5.74) is 2.67. The van der Waals surface area contributed by atoms with Crippen molar-refractivity contribution in [2.24, 2.45) is 0 Å². The lowest BCUT2D eigenvalue weighted by Crippen LogP contribution is -3.00. The van der Waals surface area contributed by atoms with E-state index in [0.717, 1.165) is 17.7 Å². The number of hydrogen-bond acceptors (Lipinski definition) is 1. The maximum Gasteiger partial charge on any atom is 0.193 e. The number of halogens is 1. The minimum Gasteiger partial charge on any atom is -1.00 e. The summed E-state index contributed by atoms with van der Waals surface area (Å²) in [5, 5.41) is 0. The lowest BCUT2D eigenvalue weighted by Gasteiger charge is -2.02. The quantitative estimate of drug-likeness (QED) is 0.428. The van der Waals surface area contributed by atoms with Crippen LogP contribution in [0.15, 0.2) is 48.8 Å². The molecule has 112 valence electrons. The summed E-state index contributed by atoms with van der Waals surface area (Å²) in [6, 6.07) is 11.5. The zero-order valence-electron chi connectivity index (χ0n) is 12.7. The largest absolute Gasteiger partial charge is 1.00 e. The SMILES string of the molecule is CCCCC[n+]1ccc(C(=O)c2ccc(C)cc2)cc1.[Br-]. The first-order valence-corrected chi connectivity index (χ1v) is 7.31. The topological polar surface area (TPSA) is 20.9 Å². The van der Waals surface area contributed by atoms with Crippen LogP contribution in [-0.4, -0.2) is 5.78 Å². The molecule has 1 aromatic carbocycles. The summed E-state index contributed by atoms with van der Waals surface area (Å²) in [6.45, 7) is 5.25. The van der Waals surface area contributed by atoms with Crippen molar-refractivity contribution in [1.29, 1.82) is 0 Å². The smallest absolute Gasteiger partial charge is 0.193 e. The van der Waals surface area contributed by atoms with Gasteiger partial charge < -0.3 is 17.0 Å². The highest BCUT2D eigenvalue weighted by Crippen LogP contribution is 2.09. The van der Waals surface area contributed by atoms with Crippen LogP contribution in [0.4, 0.5) is 0 Å². The lowest BCUT2D eigenvalue weighted by atomic mass is 10.0. The van der Waals surface area contributed by atoms with E-state index in [1.807, 2.05) is 55.7 Å². The van der Waals surface area contributed by atoms with Gasteiger partial charge in [0.25, 0.3) is 0 Å². The van der Waals surface area contributed by atoms with Crippen LogP contribution in [-0.2, 0) is 6.54 Å². The molecule has 0 saturated carbocycles. The van der Waals surface area contributed by atoms with E-state index in [9.17, 15) is 4.79 Å². The highest BCUT2D eigenvalue weighted by atomic mass is 79.9. The van der Waals surface area contributed by atoms with Gasteiger partial charge in [-0.05, 0) is 13.3 Å². The van der Waals surface area contributed by atoms with E-state index < -0.39 is 0 Å². The Labute approximate surface area is 137 Å². The van der Waals surface area contributed by atoms with E-state index in [0.29, 0.717) is 0 Å². The standard InChI is InChI=1S/C18H22NO.BrH/c1-3-4-5-12-19-13-10-17(11-14-19)18(20)16-8-6-15(2)7-9-16;/h6-11,13-14H,3-5,12H2,1-2H3;1H/q+1;/p-1. The van der Waals surface area contributed by atoms with Gasteiger partial charge in [-0.15, -0.1) is 0 Å². The minimum atomic E-state index is 0. The fourth-order valence-electron chi connectivity index (χ4n) is 2.17. The molecule has 0 saturated heterocycles. The summed E-state index contributed by atoms with van der Waals surface area (Å²) < 4.78 is 2.14. The third-order valence-electron chi connectivity index (χ3n) is 3.49. The van der Waals surface area contributed by atoms with Gasteiger partial charge in [0.15, 0.2) is 18.2 Å². The Hall–Kier alpha value is -1.48. The van der Waals surface area contributed by atoms with Gasteiger partial charge in [0.2, 0.25) is 0 Å². The number of ketones is 1. The number of carbonyl (C=O) groups excluding carboxylic acids is 1. The van der Waals surface area contributed by atoms with Crippen molar-refractivity contribution in [1.82, 2.24) is 0 Å². The Balaban J connectivity index is 0.00000220. The Kier molecular flexibility index (Phi) is 7.30. The van der Waals surface area contributed by atoms with E-state index >= 15 is 0 Å². The maximum atomic E-state index is 12.3. The van der Waals surface area contributed by atoms with Crippen LogP contribution < -0.4 is 21.5 Å². The van der Waals surface area contributed by atoms with Crippen molar-refractivity contribution in [2.75, 3.05) is 0 Å². The molecule has 2 aromatic rings. The maximum absolute atomic E-state index is 12.3. The molecule has 0 aliphatic heterocycles. The molecule has 2 rings (SSSR count). The fraction of sp³-hybridized carbons (Fsp3) is 0.333. The first-order valence-electron chi connectivity index (χ1n) is 7.31. The van der Waals surface area contributed by atoms with Crippen LogP contribution >= 0.6 is 0 Å². The Morgan fingerprint density at radius 1 is 0.952 bits per heavy atom. The van der Waals surface area contributed by atoms with Crippen molar-refractivity contribution in [3.8, 4) is 0 Å². The van der Waals surface area contributed by atoms with E-state index in [-0.39, 0.29) is 22.8 Å². The first kappa shape index (κ1) is 17.6. The van der Waals surface area contributed by atoms with Crippen LogP contribution in [0, 0.1) is 6.92 Å². The van der Waals surface area contributed by atoms with E-state index in [2.05, 4.69) is 11.5 Å². The normalized spacial score (nSPS) is 10.0. The van der Waals surface area contributed by atoms with Crippen molar-refractivity contribution < 1.29 is 26.3 Å². The van der Waals surface area contributed by atoms with Gasteiger partial charge in [-0.2, -0.15) is 0 Å². The fourth-order valence-corrected chi connectivity index (χ4v) is 2.17. The number of unbranched alkanes of at least 4 members (excludes halogenated alkanes) is 2. The second-order valence-electron chi connectivity index (χ2n) is 5.23. The Morgan fingerprint density at radius 2 is 1.52 bits per heavy atom. The molecule has 0 radical (unpaired) electrons. The third kappa shape index (κ3) is 5.09. The second-order valence-corrected chi connectivity index (χ2v) is 5.23. The third-order valence-corrected chi connectivity index (χ3v) is 3.49. The lowest BCUT2D eigenvalue weighted by molar-refractivity contribution is -0.697. The molecule has 1 heterocycles. The van der Waals surface area contributed by atoms with Crippen LogP contribution in [0.25, 0.3) is 0 Å². The van der Waals surface area contributed by atoms with E-state index in [1.165, 1.54) is 24.8 Å². The molecular formula is C18H22BrNO. The molecule has 0 atom stereocenters. The van der Waals surface area contributed by atoms with E-state index in [1.54, 1.807) is 0 Å². The summed E-state index contributed by atoms with van der Waals surface area (Å²) in [6.07, 6.45) is 7.65. The number of aryl methyl sites for hydroxylation is 2. The van der Waals surface area contributed by atoms with Gasteiger partial charge in [-0.3, -0.25) is 4.79 Å². The van der Waals surface area contributed by atoms with Crippen molar-refractivity contribution in [3.63, 3.8) is 0 Å². The van der Waals surface area contributed by atoms with Crippen molar-refractivity contribution in [3.05, 3.63) is 65.5 Å². The predicted octanol–water partition coefficient (Wildman–Crippen LogP) is 0.708. The van der Waals surface area contributed by atoms with Gasteiger partial charge in [0.05, 0.1) is 0 Å². The molecule has 2 nitrogen and oxygen atoms in total. The Bertz CT molecular complexity index is 561. The zero-order valence-corrected chi connectivity index (χ0v) is 14.3. The van der Waals surface area contributed by atoms with Crippen LogP contribution in [0.2, 0.25) is 0 Å². The number of nitrogens with zero attached hydrogens (tertiary/aromatic N) is 1. The van der Waals surface area contributed by atoms with Gasteiger partial charge in [0, 0.05) is 29.7 Å². The summed E-state index contributed by atoms with van der Waals surface area (Å²) in [5.74, 6) is 0.0886. The summed E-state index contributed by atoms with van der Waals surface area (Å²) in [7, 11) is 0. The second kappa shape index (κ2) is 8.73. The zero-order chi connectivity index (χ0) is 14.4. The number of hydrogen-bond donors (Lipinski definition) is 0. The molecule has 0 aliphatic rings. The highest BCUT2D eigenvalue weighted by Gasteiger charge is 2.10. The summed E-state index contributed by atoms with van der Waals surface area (Å²) >= 11 is 0. The van der Waals surface area contributed by atoms with Crippen LogP contribution in [0.5, 0.6) is 0 Å². The molecule has 0 spiro atoms. The predicted molar refractivity (Wildman–Crippen MR) is 80.8 cm³/mol. The minimum absolute atomic E-state index is 0. The van der Waals surface area contributed by atoms with Gasteiger partial charge in [-0.25, -0.2) is 4.57 Å².